The highest BCUT2D eigenvalue weighted by atomic mass is 16.3. The van der Waals surface area contributed by atoms with Gasteiger partial charge in [-0.25, -0.2) is 0 Å². The molecule has 0 saturated carbocycles. The van der Waals surface area contributed by atoms with Gasteiger partial charge >= 0.3 is 0 Å². The van der Waals surface area contributed by atoms with Gasteiger partial charge in [0.05, 0.1) is 12.1 Å². The summed E-state index contributed by atoms with van der Waals surface area (Å²) in [5, 5.41) is 9.67. The topological polar surface area (TPSA) is 23.5 Å². The zero-order valence-electron chi connectivity index (χ0n) is 8.68. The van der Waals surface area contributed by atoms with Gasteiger partial charge in [-0.1, -0.05) is 5.92 Å². The first-order valence-electron chi connectivity index (χ1n) is 4.21. The highest BCUT2D eigenvalue weighted by Gasteiger charge is 2.25. The van der Waals surface area contributed by atoms with E-state index in [0.717, 1.165) is 0 Å². The zero-order chi connectivity index (χ0) is 9.78. The van der Waals surface area contributed by atoms with E-state index in [9.17, 15) is 5.11 Å². The van der Waals surface area contributed by atoms with Crippen LogP contribution in [0, 0.1) is 11.8 Å². The summed E-state index contributed by atoms with van der Waals surface area (Å²) in [5.41, 5.74) is -0.663. The molecule has 0 aliphatic rings. The Hall–Kier alpha value is -0.520. The maximum atomic E-state index is 9.67. The Morgan fingerprint density at radius 1 is 1.50 bits per heavy atom. The molecule has 0 fully saturated rings. The van der Waals surface area contributed by atoms with Crippen LogP contribution in [0.5, 0.6) is 0 Å². The quantitative estimate of drug-likeness (QED) is 0.640. The molecule has 70 valence electrons. The van der Waals surface area contributed by atoms with Crippen molar-refractivity contribution in [3.05, 3.63) is 0 Å². The first-order valence-corrected chi connectivity index (χ1v) is 4.21. The van der Waals surface area contributed by atoms with E-state index in [-0.39, 0.29) is 6.04 Å². The summed E-state index contributed by atoms with van der Waals surface area (Å²) in [4.78, 5) is 2.04. The molecule has 0 radical (unpaired) electrons. The van der Waals surface area contributed by atoms with E-state index < -0.39 is 5.60 Å². The van der Waals surface area contributed by atoms with E-state index in [1.54, 1.807) is 0 Å². The van der Waals surface area contributed by atoms with Crippen LogP contribution in [0.4, 0.5) is 0 Å². The van der Waals surface area contributed by atoms with Gasteiger partial charge in [0.1, 0.15) is 0 Å². The minimum absolute atomic E-state index is 0.123. The van der Waals surface area contributed by atoms with Crippen molar-refractivity contribution in [3.63, 3.8) is 0 Å². The first-order chi connectivity index (χ1) is 5.39. The molecule has 1 N–H and O–H groups in total. The number of nitrogens with zero attached hydrogens (tertiary/aromatic N) is 1. The van der Waals surface area contributed by atoms with Crippen LogP contribution in [0.1, 0.15) is 27.7 Å². The first kappa shape index (κ1) is 11.5. The lowest BCUT2D eigenvalue weighted by Gasteiger charge is -2.32. The standard InChI is InChI=1S/C10H19NO/c1-6-7-8-11(5)9(2)10(3,4)12/h9,12H,8H2,1-5H3. The lowest BCUT2D eigenvalue weighted by molar-refractivity contribution is 0.00228. The molecule has 0 saturated heterocycles. The molecular formula is C10H19NO. The van der Waals surface area contributed by atoms with Gasteiger partial charge < -0.3 is 5.11 Å². The number of hydrogen-bond donors (Lipinski definition) is 1. The summed E-state index contributed by atoms with van der Waals surface area (Å²) in [6.07, 6.45) is 0. The van der Waals surface area contributed by atoms with Crippen LogP contribution in [0.25, 0.3) is 0 Å². The van der Waals surface area contributed by atoms with Crippen LogP contribution < -0.4 is 0 Å². The van der Waals surface area contributed by atoms with Crippen LogP contribution in [0.2, 0.25) is 0 Å². The fraction of sp³-hybridized carbons (Fsp3) is 0.800. The Labute approximate surface area is 75.6 Å². The van der Waals surface area contributed by atoms with Crippen molar-refractivity contribution < 1.29 is 5.11 Å². The second-order valence-electron chi connectivity index (χ2n) is 3.67. The van der Waals surface area contributed by atoms with Gasteiger partial charge in [0.2, 0.25) is 0 Å². The van der Waals surface area contributed by atoms with Crippen LogP contribution in [0.3, 0.4) is 0 Å². The second kappa shape index (κ2) is 4.49. The molecule has 0 spiro atoms. The van der Waals surface area contributed by atoms with E-state index in [2.05, 4.69) is 11.8 Å². The predicted molar refractivity (Wildman–Crippen MR) is 51.8 cm³/mol. The Balaban J connectivity index is 4.07. The Kier molecular flexibility index (Phi) is 4.30. The highest BCUT2D eigenvalue weighted by Crippen LogP contribution is 2.12. The number of likely N-dealkylation sites (N-methyl/N-ethyl adjacent to an activating group) is 1. The van der Waals surface area contributed by atoms with Gasteiger partial charge in [0.25, 0.3) is 0 Å². The number of aliphatic hydroxyl groups is 1. The van der Waals surface area contributed by atoms with E-state index in [1.165, 1.54) is 0 Å². The molecule has 2 heteroatoms. The fourth-order valence-corrected chi connectivity index (χ4v) is 0.880. The SMILES string of the molecule is CC#CCN(C)C(C)C(C)(C)O. The van der Waals surface area contributed by atoms with Crippen LogP contribution in [-0.2, 0) is 0 Å². The molecule has 12 heavy (non-hydrogen) atoms. The molecule has 1 atom stereocenters. The van der Waals surface area contributed by atoms with Crippen molar-refractivity contribution in [2.75, 3.05) is 13.6 Å². The van der Waals surface area contributed by atoms with Crippen molar-refractivity contribution in [1.29, 1.82) is 0 Å². The van der Waals surface area contributed by atoms with Crippen LogP contribution in [-0.4, -0.2) is 35.2 Å². The van der Waals surface area contributed by atoms with Crippen molar-refractivity contribution in [2.24, 2.45) is 0 Å². The van der Waals surface area contributed by atoms with Gasteiger partial charge in [0, 0.05) is 6.04 Å². The molecule has 0 aliphatic carbocycles. The smallest absolute Gasteiger partial charge is 0.0743 e. The summed E-state index contributed by atoms with van der Waals surface area (Å²) in [6.45, 7) is 8.16. The number of rotatable bonds is 3. The summed E-state index contributed by atoms with van der Waals surface area (Å²) >= 11 is 0. The molecule has 0 aromatic heterocycles. The molecule has 0 aromatic carbocycles. The predicted octanol–water partition coefficient (Wildman–Crippen LogP) is 1.10. The average molecular weight is 169 g/mol. The third-order valence-electron chi connectivity index (χ3n) is 2.19. The molecule has 0 aliphatic heterocycles. The third kappa shape index (κ3) is 3.75. The largest absolute Gasteiger partial charge is 0.389 e. The van der Waals surface area contributed by atoms with E-state index in [0.29, 0.717) is 6.54 Å². The van der Waals surface area contributed by atoms with E-state index in [1.807, 2.05) is 39.6 Å². The Morgan fingerprint density at radius 2 is 2.00 bits per heavy atom. The van der Waals surface area contributed by atoms with Crippen molar-refractivity contribution in [2.45, 2.75) is 39.3 Å². The van der Waals surface area contributed by atoms with E-state index in [4.69, 9.17) is 0 Å². The fourth-order valence-electron chi connectivity index (χ4n) is 0.880. The maximum Gasteiger partial charge on any atom is 0.0743 e. The van der Waals surface area contributed by atoms with Crippen molar-refractivity contribution >= 4 is 0 Å². The zero-order valence-corrected chi connectivity index (χ0v) is 8.68. The van der Waals surface area contributed by atoms with Crippen molar-refractivity contribution in [1.82, 2.24) is 4.90 Å². The maximum absolute atomic E-state index is 9.67. The highest BCUT2D eigenvalue weighted by molar-refractivity contribution is 4.99. The summed E-state index contributed by atoms with van der Waals surface area (Å²) in [5.74, 6) is 5.80. The lowest BCUT2D eigenvalue weighted by atomic mass is 10.00. The lowest BCUT2D eigenvalue weighted by Crippen LogP contribution is -2.45. The van der Waals surface area contributed by atoms with Gasteiger partial charge in [-0.05, 0) is 34.7 Å². The summed E-state index contributed by atoms with van der Waals surface area (Å²) in [6, 6.07) is 0.123. The Morgan fingerprint density at radius 3 is 2.33 bits per heavy atom. The van der Waals surface area contributed by atoms with E-state index >= 15 is 0 Å². The molecule has 0 rings (SSSR count). The minimum atomic E-state index is -0.663. The van der Waals surface area contributed by atoms with Crippen LogP contribution >= 0.6 is 0 Å². The molecule has 1 unspecified atom stereocenters. The van der Waals surface area contributed by atoms with Gasteiger partial charge in [0.15, 0.2) is 0 Å². The molecule has 0 bridgehead atoms. The summed E-state index contributed by atoms with van der Waals surface area (Å²) in [7, 11) is 1.97. The Bertz CT molecular complexity index is 182. The number of hydrogen-bond acceptors (Lipinski definition) is 2. The second-order valence-corrected chi connectivity index (χ2v) is 3.67. The monoisotopic (exact) mass is 169 g/mol. The van der Waals surface area contributed by atoms with Crippen molar-refractivity contribution in [3.8, 4) is 11.8 Å². The third-order valence-corrected chi connectivity index (χ3v) is 2.19. The summed E-state index contributed by atoms with van der Waals surface area (Å²) < 4.78 is 0. The van der Waals surface area contributed by atoms with Gasteiger partial charge in [-0.3, -0.25) is 4.90 Å². The molecule has 2 nitrogen and oxygen atoms in total. The molecule has 0 heterocycles. The minimum Gasteiger partial charge on any atom is -0.389 e. The molecular weight excluding hydrogens is 150 g/mol. The van der Waals surface area contributed by atoms with Gasteiger partial charge in [-0.15, -0.1) is 5.92 Å². The molecule has 0 amide bonds. The molecule has 0 aromatic rings. The van der Waals surface area contributed by atoms with Gasteiger partial charge in [-0.2, -0.15) is 0 Å². The normalized spacial score (nSPS) is 13.9. The van der Waals surface area contributed by atoms with Crippen LogP contribution in [0.15, 0.2) is 0 Å². The average Bonchev–Trinajstić information content (AvgIpc) is 1.97.